The van der Waals surface area contributed by atoms with Crippen LogP contribution >= 0.6 is 11.8 Å². The van der Waals surface area contributed by atoms with Crippen molar-refractivity contribution in [3.8, 4) is 0 Å². The SMILES string of the molecule is O=C(CCC1CCCO1)CSc1ccc(F)cc1. The predicted molar refractivity (Wildman–Crippen MR) is 70.3 cm³/mol. The maximum Gasteiger partial charge on any atom is 0.143 e. The highest BCUT2D eigenvalue weighted by Crippen LogP contribution is 2.20. The number of benzene rings is 1. The van der Waals surface area contributed by atoms with Gasteiger partial charge in [0.1, 0.15) is 11.6 Å². The van der Waals surface area contributed by atoms with E-state index >= 15 is 0 Å². The van der Waals surface area contributed by atoms with Crippen LogP contribution in [0.5, 0.6) is 0 Å². The van der Waals surface area contributed by atoms with E-state index in [0.29, 0.717) is 12.2 Å². The van der Waals surface area contributed by atoms with Crippen molar-refractivity contribution < 1.29 is 13.9 Å². The minimum atomic E-state index is -0.246. The van der Waals surface area contributed by atoms with Crippen molar-refractivity contribution in [2.45, 2.75) is 36.7 Å². The van der Waals surface area contributed by atoms with Gasteiger partial charge in [-0.05, 0) is 43.5 Å². The Morgan fingerprint density at radius 2 is 2.17 bits per heavy atom. The van der Waals surface area contributed by atoms with Crippen LogP contribution in [0.4, 0.5) is 4.39 Å². The normalized spacial score (nSPS) is 19.1. The lowest BCUT2D eigenvalue weighted by molar-refractivity contribution is -0.117. The first kappa shape index (κ1) is 13.6. The summed E-state index contributed by atoms with van der Waals surface area (Å²) in [5, 5.41) is 0. The van der Waals surface area contributed by atoms with E-state index in [4.69, 9.17) is 4.74 Å². The van der Waals surface area contributed by atoms with E-state index in [1.54, 1.807) is 12.1 Å². The molecule has 1 heterocycles. The van der Waals surface area contributed by atoms with Gasteiger partial charge in [0.15, 0.2) is 0 Å². The largest absolute Gasteiger partial charge is 0.378 e. The molecule has 1 aliphatic rings. The molecule has 1 aromatic rings. The molecule has 18 heavy (non-hydrogen) atoms. The number of carbonyl (C=O) groups excluding carboxylic acids is 1. The predicted octanol–water partition coefficient (Wildman–Crippen LogP) is 3.45. The standard InChI is InChI=1S/C14H17FO2S/c15-11-3-7-14(8-4-11)18-10-12(16)5-6-13-2-1-9-17-13/h3-4,7-8,13H,1-2,5-6,9-10H2. The summed E-state index contributed by atoms with van der Waals surface area (Å²) in [7, 11) is 0. The van der Waals surface area contributed by atoms with Gasteiger partial charge in [-0.25, -0.2) is 4.39 Å². The summed E-state index contributed by atoms with van der Waals surface area (Å²) >= 11 is 1.46. The monoisotopic (exact) mass is 268 g/mol. The van der Waals surface area contributed by atoms with Crippen molar-refractivity contribution in [2.75, 3.05) is 12.4 Å². The summed E-state index contributed by atoms with van der Waals surface area (Å²) in [4.78, 5) is 12.6. The van der Waals surface area contributed by atoms with Gasteiger partial charge in [0.25, 0.3) is 0 Å². The van der Waals surface area contributed by atoms with Gasteiger partial charge >= 0.3 is 0 Å². The molecule has 1 saturated heterocycles. The minimum Gasteiger partial charge on any atom is -0.378 e. The van der Waals surface area contributed by atoms with Crippen LogP contribution in [-0.2, 0) is 9.53 Å². The summed E-state index contributed by atoms with van der Waals surface area (Å²) in [6, 6.07) is 6.24. The van der Waals surface area contributed by atoms with Crippen LogP contribution in [-0.4, -0.2) is 24.2 Å². The molecule has 0 spiro atoms. The maximum absolute atomic E-state index is 12.7. The molecule has 1 atom stereocenters. The zero-order valence-electron chi connectivity index (χ0n) is 10.2. The summed E-state index contributed by atoms with van der Waals surface area (Å²) in [6.45, 7) is 0.836. The first-order valence-electron chi connectivity index (χ1n) is 6.26. The molecule has 2 nitrogen and oxygen atoms in total. The molecular weight excluding hydrogens is 251 g/mol. The van der Waals surface area contributed by atoms with Crippen LogP contribution in [0.15, 0.2) is 29.2 Å². The molecule has 4 heteroatoms. The Kier molecular flexibility index (Phi) is 5.20. The van der Waals surface area contributed by atoms with E-state index in [2.05, 4.69) is 0 Å². The van der Waals surface area contributed by atoms with Gasteiger partial charge in [-0.1, -0.05) is 0 Å². The van der Waals surface area contributed by atoms with Gasteiger partial charge in [-0.2, -0.15) is 0 Å². The fourth-order valence-electron chi connectivity index (χ4n) is 1.96. The lowest BCUT2D eigenvalue weighted by atomic mass is 10.1. The smallest absolute Gasteiger partial charge is 0.143 e. The fourth-order valence-corrected chi connectivity index (χ4v) is 2.76. The molecule has 0 aromatic heterocycles. The quantitative estimate of drug-likeness (QED) is 0.739. The van der Waals surface area contributed by atoms with Crippen molar-refractivity contribution >= 4 is 17.5 Å². The summed E-state index contributed by atoms with van der Waals surface area (Å²) in [5.41, 5.74) is 0. The number of halogens is 1. The van der Waals surface area contributed by atoms with E-state index < -0.39 is 0 Å². The first-order valence-corrected chi connectivity index (χ1v) is 7.24. The third-order valence-corrected chi connectivity index (χ3v) is 4.05. The van der Waals surface area contributed by atoms with Crippen LogP contribution in [0.2, 0.25) is 0 Å². The molecule has 1 unspecified atom stereocenters. The van der Waals surface area contributed by atoms with E-state index in [9.17, 15) is 9.18 Å². The average Bonchev–Trinajstić information content (AvgIpc) is 2.89. The second-order valence-electron chi connectivity index (χ2n) is 4.45. The molecular formula is C14H17FO2S. The molecule has 1 fully saturated rings. The molecule has 98 valence electrons. The third-order valence-electron chi connectivity index (χ3n) is 2.98. The van der Waals surface area contributed by atoms with Gasteiger partial charge in [0.05, 0.1) is 11.9 Å². The van der Waals surface area contributed by atoms with Gasteiger partial charge < -0.3 is 4.74 Å². The van der Waals surface area contributed by atoms with Crippen LogP contribution in [0.25, 0.3) is 0 Å². The number of hydrogen-bond acceptors (Lipinski definition) is 3. The molecule has 0 radical (unpaired) electrons. The van der Waals surface area contributed by atoms with Crippen LogP contribution < -0.4 is 0 Å². The number of carbonyl (C=O) groups is 1. The molecule has 0 N–H and O–H groups in total. The Morgan fingerprint density at radius 1 is 1.39 bits per heavy atom. The van der Waals surface area contributed by atoms with Gasteiger partial charge in [-0.3, -0.25) is 4.79 Å². The number of ketones is 1. The Hall–Kier alpha value is -0.870. The molecule has 0 bridgehead atoms. The van der Waals surface area contributed by atoms with E-state index in [-0.39, 0.29) is 17.7 Å². The summed E-state index contributed by atoms with van der Waals surface area (Å²) in [5.74, 6) is 0.446. The van der Waals surface area contributed by atoms with Crippen molar-refractivity contribution in [1.82, 2.24) is 0 Å². The Balaban J connectivity index is 1.66. The molecule has 0 amide bonds. The Labute approximate surface area is 111 Å². The molecule has 0 saturated carbocycles. The highest BCUT2D eigenvalue weighted by molar-refractivity contribution is 8.00. The van der Waals surface area contributed by atoms with E-state index in [1.807, 2.05) is 0 Å². The highest BCUT2D eigenvalue weighted by atomic mass is 32.2. The number of Topliss-reactive ketones (excluding diaryl/α,β-unsaturated/α-hetero) is 1. The highest BCUT2D eigenvalue weighted by Gasteiger charge is 2.16. The third kappa shape index (κ3) is 4.42. The fraction of sp³-hybridized carbons (Fsp3) is 0.500. The Bertz CT molecular complexity index is 385. The summed E-state index contributed by atoms with van der Waals surface area (Å²) in [6.07, 6.45) is 3.90. The van der Waals surface area contributed by atoms with Crippen molar-refractivity contribution in [1.29, 1.82) is 0 Å². The molecule has 2 rings (SSSR count). The Morgan fingerprint density at radius 3 is 2.83 bits per heavy atom. The molecule has 1 aromatic carbocycles. The second kappa shape index (κ2) is 6.90. The second-order valence-corrected chi connectivity index (χ2v) is 5.50. The van der Waals surface area contributed by atoms with Crippen LogP contribution in [0.1, 0.15) is 25.7 Å². The average molecular weight is 268 g/mol. The van der Waals surface area contributed by atoms with Gasteiger partial charge in [0.2, 0.25) is 0 Å². The molecule has 1 aliphatic heterocycles. The topological polar surface area (TPSA) is 26.3 Å². The zero-order valence-corrected chi connectivity index (χ0v) is 11.0. The molecule has 0 aliphatic carbocycles. The van der Waals surface area contributed by atoms with Crippen LogP contribution in [0, 0.1) is 5.82 Å². The lowest BCUT2D eigenvalue weighted by Crippen LogP contribution is -2.09. The first-order chi connectivity index (χ1) is 8.74. The summed E-state index contributed by atoms with van der Waals surface area (Å²) < 4.78 is 18.2. The van der Waals surface area contributed by atoms with Crippen molar-refractivity contribution in [2.24, 2.45) is 0 Å². The minimum absolute atomic E-state index is 0.236. The van der Waals surface area contributed by atoms with E-state index in [1.165, 1.54) is 23.9 Å². The zero-order chi connectivity index (χ0) is 12.8. The number of rotatable bonds is 6. The van der Waals surface area contributed by atoms with E-state index in [0.717, 1.165) is 30.8 Å². The lowest BCUT2D eigenvalue weighted by Gasteiger charge is -2.07. The van der Waals surface area contributed by atoms with Crippen LogP contribution in [0.3, 0.4) is 0 Å². The van der Waals surface area contributed by atoms with Crippen molar-refractivity contribution in [3.63, 3.8) is 0 Å². The number of ether oxygens (including phenoxy) is 1. The number of thioether (sulfide) groups is 1. The van der Waals surface area contributed by atoms with Crippen molar-refractivity contribution in [3.05, 3.63) is 30.1 Å². The maximum atomic E-state index is 12.7. The number of hydrogen-bond donors (Lipinski definition) is 0. The van der Waals surface area contributed by atoms with Gasteiger partial charge in [-0.15, -0.1) is 11.8 Å². The van der Waals surface area contributed by atoms with Gasteiger partial charge in [0, 0.05) is 17.9 Å².